The average Bonchev–Trinajstić information content (AvgIpc) is 2.33. The number of nitro groups is 1. The van der Waals surface area contributed by atoms with Gasteiger partial charge in [-0.05, 0) is 19.3 Å². The van der Waals surface area contributed by atoms with Crippen LogP contribution in [0.4, 0.5) is 0 Å². The minimum Gasteiger partial charge on any atom is -0.329 e. The fraction of sp³-hybridized carbons (Fsp3) is 1.00. The second-order valence-electron chi connectivity index (χ2n) is 6.24. The Labute approximate surface area is 116 Å². The zero-order valence-corrected chi connectivity index (χ0v) is 12.5. The van der Waals surface area contributed by atoms with Crippen molar-refractivity contribution in [3.63, 3.8) is 0 Å². The standard InChI is InChI=1S/C13H30N4O2/c1-4-5-7-13(16,10-14)8-6-11(15)9-12(2,3)17(18)19/h11H,4-10,14-16H2,1-3H3. The minimum absolute atomic E-state index is 0.212. The second kappa shape index (κ2) is 7.77. The molecule has 0 spiro atoms. The summed E-state index contributed by atoms with van der Waals surface area (Å²) in [5.74, 6) is 0. The molecule has 114 valence electrons. The first-order valence-corrected chi connectivity index (χ1v) is 7.06. The van der Waals surface area contributed by atoms with Crippen molar-refractivity contribution >= 4 is 0 Å². The summed E-state index contributed by atoms with van der Waals surface area (Å²) < 4.78 is 0. The Bertz CT molecular complexity index is 284. The topological polar surface area (TPSA) is 121 Å². The number of nitrogens with zero attached hydrogens (tertiary/aromatic N) is 1. The molecule has 6 heteroatoms. The van der Waals surface area contributed by atoms with Crippen LogP contribution in [0.1, 0.15) is 59.3 Å². The lowest BCUT2D eigenvalue weighted by Crippen LogP contribution is -2.48. The molecule has 0 aliphatic heterocycles. The van der Waals surface area contributed by atoms with Gasteiger partial charge in [-0.25, -0.2) is 0 Å². The van der Waals surface area contributed by atoms with E-state index in [-0.39, 0.29) is 16.5 Å². The third kappa shape index (κ3) is 6.84. The van der Waals surface area contributed by atoms with Crippen LogP contribution in [-0.2, 0) is 0 Å². The predicted octanol–water partition coefficient (Wildman–Crippen LogP) is 1.39. The zero-order chi connectivity index (χ0) is 15.1. The first kappa shape index (κ1) is 18.3. The summed E-state index contributed by atoms with van der Waals surface area (Å²) in [6.07, 6.45) is 4.76. The Hall–Kier alpha value is -0.720. The second-order valence-corrected chi connectivity index (χ2v) is 6.24. The fourth-order valence-corrected chi connectivity index (χ4v) is 2.15. The highest BCUT2D eigenvalue weighted by Crippen LogP contribution is 2.21. The Morgan fingerprint density at radius 2 is 1.89 bits per heavy atom. The molecule has 0 saturated carbocycles. The van der Waals surface area contributed by atoms with Gasteiger partial charge in [0.25, 0.3) is 0 Å². The SMILES string of the molecule is CCCCC(N)(CN)CCC(N)CC(C)(C)[N+](=O)[O-]. The molecule has 0 aromatic rings. The van der Waals surface area contributed by atoms with E-state index in [1.807, 2.05) is 0 Å². The molecule has 0 rings (SSSR count). The summed E-state index contributed by atoms with van der Waals surface area (Å²) in [6.45, 7) is 5.74. The van der Waals surface area contributed by atoms with Crippen molar-refractivity contribution in [1.82, 2.24) is 0 Å². The molecular formula is C13H30N4O2. The molecule has 19 heavy (non-hydrogen) atoms. The smallest absolute Gasteiger partial charge is 0.218 e. The van der Waals surface area contributed by atoms with Gasteiger partial charge in [0, 0.05) is 43.3 Å². The van der Waals surface area contributed by atoms with Gasteiger partial charge in [0.1, 0.15) is 0 Å². The number of nitrogens with two attached hydrogens (primary N) is 3. The molecule has 0 amide bonds. The first-order chi connectivity index (χ1) is 8.67. The fourth-order valence-electron chi connectivity index (χ4n) is 2.15. The van der Waals surface area contributed by atoms with Gasteiger partial charge in [-0.1, -0.05) is 19.8 Å². The normalized spacial score (nSPS) is 16.9. The van der Waals surface area contributed by atoms with Crippen molar-refractivity contribution in [2.24, 2.45) is 17.2 Å². The quantitative estimate of drug-likeness (QED) is 0.410. The largest absolute Gasteiger partial charge is 0.329 e. The van der Waals surface area contributed by atoms with E-state index < -0.39 is 5.54 Å². The molecule has 0 bridgehead atoms. The van der Waals surface area contributed by atoms with Gasteiger partial charge in [-0.3, -0.25) is 10.1 Å². The minimum atomic E-state index is -0.983. The molecule has 0 aliphatic rings. The van der Waals surface area contributed by atoms with Crippen LogP contribution < -0.4 is 17.2 Å². The third-order valence-electron chi connectivity index (χ3n) is 3.70. The number of unbranched alkanes of at least 4 members (excludes halogenated alkanes) is 1. The van der Waals surface area contributed by atoms with Crippen LogP contribution in [0.2, 0.25) is 0 Å². The van der Waals surface area contributed by atoms with Crippen molar-refractivity contribution in [3.05, 3.63) is 10.1 Å². The van der Waals surface area contributed by atoms with Crippen LogP contribution in [0.3, 0.4) is 0 Å². The summed E-state index contributed by atoms with van der Waals surface area (Å²) in [7, 11) is 0. The number of rotatable bonds is 10. The van der Waals surface area contributed by atoms with E-state index in [4.69, 9.17) is 17.2 Å². The third-order valence-corrected chi connectivity index (χ3v) is 3.70. The number of hydrogen-bond acceptors (Lipinski definition) is 5. The molecule has 6 nitrogen and oxygen atoms in total. The summed E-state index contributed by atoms with van der Waals surface area (Å²) in [5, 5.41) is 10.9. The van der Waals surface area contributed by atoms with Crippen LogP contribution in [0.15, 0.2) is 0 Å². The molecule has 2 unspecified atom stereocenters. The van der Waals surface area contributed by atoms with Gasteiger partial charge < -0.3 is 17.2 Å². The van der Waals surface area contributed by atoms with Crippen LogP contribution in [0, 0.1) is 10.1 Å². The zero-order valence-electron chi connectivity index (χ0n) is 12.5. The van der Waals surface area contributed by atoms with Crippen molar-refractivity contribution in [2.75, 3.05) is 6.54 Å². The maximum Gasteiger partial charge on any atom is 0.218 e. The Morgan fingerprint density at radius 1 is 1.32 bits per heavy atom. The summed E-state index contributed by atoms with van der Waals surface area (Å²) in [6, 6.07) is -0.212. The van der Waals surface area contributed by atoms with E-state index in [0.717, 1.165) is 25.7 Å². The van der Waals surface area contributed by atoms with E-state index in [0.29, 0.717) is 19.4 Å². The molecule has 0 aromatic heterocycles. The lowest BCUT2D eigenvalue weighted by molar-refractivity contribution is -0.562. The van der Waals surface area contributed by atoms with Crippen LogP contribution in [0.5, 0.6) is 0 Å². The molecule has 0 heterocycles. The maximum absolute atomic E-state index is 10.9. The maximum atomic E-state index is 10.9. The Morgan fingerprint density at radius 3 is 2.32 bits per heavy atom. The van der Waals surface area contributed by atoms with Crippen LogP contribution in [-0.4, -0.2) is 28.6 Å². The van der Waals surface area contributed by atoms with Gasteiger partial charge >= 0.3 is 0 Å². The van der Waals surface area contributed by atoms with Gasteiger partial charge in [0.05, 0.1) is 0 Å². The van der Waals surface area contributed by atoms with E-state index in [2.05, 4.69) is 6.92 Å². The van der Waals surface area contributed by atoms with Gasteiger partial charge in [0.15, 0.2) is 0 Å². The highest BCUT2D eigenvalue weighted by Gasteiger charge is 2.33. The molecular weight excluding hydrogens is 244 g/mol. The van der Waals surface area contributed by atoms with Gasteiger partial charge in [0.2, 0.25) is 5.54 Å². The molecule has 0 aromatic carbocycles. The molecule has 6 N–H and O–H groups in total. The van der Waals surface area contributed by atoms with E-state index in [1.54, 1.807) is 13.8 Å². The van der Waals surface area contributed by atoms with Crippen molar-refractivity contribution in [1.29, 1.82) is 0 Å². The predicted molar refractivity (Wildman–Crippen MR) is 78.4 cm³/mol. The van der Waals surface area contributed by atoms with Crippen LogP contribution >= 0.6 is 0 Å². The molecule has 2 atom stereocenters. The van der Waals surface area contributed by atoms with E-state index >= 15 is 0 Å². The summed E-state index contributed by atoms with van der Waals surface area (Å²) in [5.41, 5.74) is 16.6. The van der Waals surface area contributed by atoms with E-state index in [1.165, 1.54) is 0 Å². The Kier molecular flexibility index (Phi) is 7.47. The van der Waals surface area contributed by atoms with Crippen LogP contribution in [0.25, 0.3) is 0 Å². The molecule has 0 radical (unpaired) electrons. The molecule has 0 fully saturated rings. The Balaban J connectivity index is 4.26. The van der Waals surface area contributed by atoms with Gasteiger partial charge in [-0.2, -0.15) is 0 Å². The summed E-state index contributed by atoms with van der Waals surface area (Å²) >= 11 is 0. The number of hydrogen-bond donors (Lipinski definition) is 3. The molecule has 0 aliphatic carbocycles. The average molecular weight is 274 g/mol. The lowest BCUT2D eigenvalue weighted by atomic mass is 9.85. The van der Waals surface area contributed by atoms with Crippen molar-refractivity contribution in [3.8, 4) is 0 Å². The van der Waals surface area contributed by atoms with Gasteiger partial charge in [-0.15, -0.1) is 0 Å². The first-order valence-electron chi connectivity index (χ1n) is 7.06. The highest BCUT2D eigenvalue weighted by molar-refractivity contribution is 4.87. The molecule has 0 saturated heterocycles. The van der Waals surface area contributed by atoms with Crippen molar-refractivity contribution < 1.29 is 4.92 Å². The lowest BCUT2D eigenvalue weighted by Gasteiger charge is -2.30. The monoisotopic (exact) mass is 274 g/mol. The van der Waals surface area contributed by atoms with Crippen molar-refractivity contribution in [2.45, 2.75) is 76.4 Å². The highest BCUT2D eigenvalue weighted by atomic mass is 16.6. The summed E-state index contributed by atoms with van der Waals surface area (Å²) in [4.78, 5) is 10.6. The van der Waals surface area contributed by atoms with E-state index in [9.17, 15) is 10.1 Å².